The van der Waals surface area contributed by atoms with Crippen LogP contribution in [0.4, 0.5) is 5.69 Å². The number of nitrogens with one attached hydrogen (secondary N) is 1. The molecule has 0 aliphatic carbocycles. The second-order valence-electron chi connectivity index (χ2n) is 5.46. The lowest BCUT2D eigenvalue weighted by Gasteiger charge is -2.25. The molecule has 1 rings (SSSR count). The average Bonchev–Trinajstić information content (AvgIpc) is 2.32. The summed E-state index contributed by atoms with van der Waals surface area (Å²) in [5, 5.41) is 0. The molecule has 0 unspecified atom stereocenters. The molecule has 0 atom stereocenters. The molecule has 3 N–H and O–H groups in total. The Labute approximate surface area is 121 Å². The largest absolute Gasteiger partial charge is 0.397 e. The highest BCUT2D eigenvalue weighted by Gasteiger charge is 2.25. The molecule has 6 heteroatoms. The first-order chi connectivity index (χ1) is 9.10. The standard InChI is InChI=1S/C14H24N2O3S/c1-6-19-14(4,5)9-16-20(17,18)13-11(3)8-7-10(2)12(13)15/h7-8,16H,6,9,15H2,1-5H3. The van der Waals surface area contributed by atoms with Gasteiger partial charge in [-0.25, -0.2) is 13.1 Å². The predicted octanol–water partition coefficient (Wildman–Crippen LogP) is 1.98. The number of nitrogen functional groups attached to an aromatic ring is 1. The second kappa shape index (κ2) is 6.11. The Morgan fingerprint density at radius 2 is 1.80 bits per heavy atom. The van der Waals surface area contributed by atoms with Crippen molar-refractivity contribution in [2.45, 2.75) is 45.1 Å². The van der Waals surface area contributed by atoms with E-state index in [1.807, 2.05) is 26.8 Å². The van der Waals surface area contributed by atoms with Gasteiger partial charge >= 0.3 is 0 Å². The number of aryl methyl sites for hydroxylation is 2. The van der Waals surface area contributed by atoms with Gasteiger partial charge < -0.3 is 10.5 Å². The zero-order valence-corrected chi connectivity index (χ0v) is 13.6. The Bertz CT molecular complexity index is 580. The number of benzene rings is 1. The third-order valence-electron chi connectivity index (χ3n) is 3.10. The van der Waals surface area contributed by atoms with Gasteiger partial charge in [0, 0.05) is 13.2 Å². The van der Waals surface area contributed by atoms with Gasteiger partial charge in [-0.05, 0) is 45.7 Å². The van der Waals surface area contributed by atoms with Gasteiger partial charge in [-0.2, -0.15) is 0 Å². The number of rotatable bonds is 6. The van der Waals surface area contributed by atoms with Gasteiger partial charge in [-0.1, -0.05) is 12.1 Å². The molecule has 1 aromatic carbocycles. The zero-order valence-electron chi connectivity index (χ0n) is 12.8. The van der Waals surface area contributed by atoms with Crippen molar-refractivity contribution in [1.82, 2.24) is 4.72 Å². The number of hydrogen-bond donors (Lipinski definition) is 2. The molecule has 0 heterocycles. The molecule has 114 valence electrons. The first-order valence-electron chi connectivity index (χ1n) is 6.60. The van der Waals surface area contributed by atoms with E-state index in [0.29, 0.717) is 17.9 Å². The van der Waals surface area contributed by atoms with Crippen molar-refractivity contribution in [2.24, 2.45) is 0 Å². The van der Waals surface area contributed by atoms with Crippen LogP contribution in [0.2, 0.25) is 0 Å². The molecule has 20 heavy (non-hydrogen) atoms. The quantitative estimate of drug-likeness (QED) is 0.787. The van der Waals surface area contributed by atoms with Crippen LogP contribution in [0.1, 0.15) is 31.9 Å². The van der Waals surface area contributed by atoms with Crippen molar-refractivity contribution in [3.8, 4) is 0 Å². The number of sulfonamides is 1. The fraction of sp³-hybridized carbons (Fsp3) is 0.571. The minimum Gasteiger partial charge on any atom is -0.397 e. The molecule has 0 spiro atoms. The number of nitrogens with two attached hydrogens (primary N) is 1. The second-order valence-corrected chi connectivity index (χ2v) is 7.16. The normalized spacial score (nSPS) is 12.7. The van der Waals surface area contributed by atoms with E-state index in [4.69, 9.17) is 10.5 Å². The van der Waals surface area contributed by atoms with Crippen LogP contribution < -0.4 is 10.5 Å². The molecule has 0 aliphatic rings. The lowest BCUT2D eigenvalue weighted by atomic mass is 10.1. The third kappa shape index (κ3) is 3.94. The Kier molecular flexibility index (Phi) is 5.18. The molecule has 0 aliphatic heterocycles. The topological polar surface area (TPSA) is 81.4 Å². The summed E-state index contributed by atoms with van der Waals surface area (Å²) in [6.45, 7) is 9.79. The Morgan fingerprint density at radius 1 is 1.25 bits per heavy atom. The van der Waals surface area contributed by atoms with Crippen LogP contribution in [0, 0.1) is 13.8 Å². The molecular weight excluding hydrogens is 276 g/mol. The van der Waals surface area contributed by atoms with E-state index < -0.39 is 15.6 Å². The van der Waals surface area contributed by atoms with Gasteiger partial charge in [0.1, 0.15) is 4.90 Å². The smallest absolute Gasteiger partial charge is 0.242 e. The Hall–Kier alpha value is -1.11. The van der Waals surface area contributed by atoms with Gasteiger partial charge in [0.25, 0.3) is 0 Å². The highest BCUT2D eigenvalue weighted by Crippen LogP contribution is 2.26. The van der Waals surface area contributed by atoms with E-state index >= 15 is 0 Å². The fourth-order valence-electron chi connectivity index (χ4n) is 1.95. The van der Waals surface area contributed by atoms with Crippen molar-refractivity contribution >= 4 is 15.7 Å². The van der Waals surface area contributed by atoms with E-state index in [9.17, 15) is 8.42 Å². The van der Waals surface area contributed by atoms with Gasteiger partial charge in [-0.3, -0.25) is 0 Å². The average molecular weight is 300 g/mol. The minimum atomic E-state index is -3.65. The van der Waals surface area contributed by atoms with Gasteiger partial charge in [0.05, 0.1) is 11.3 Å². The molecule has 0 fully saturated rings. The van der Waals surface area contributed by atoms with Crippen LogP contribution >= 0.6 is 0 Å². The Balaban J connectivity index is 3.04. The van der Waals surface area contributed by atoms with Crippen molar-refractivity contribution in [3.63, 3.8) is 0 Å². The first kappa shape index (κ1) is 16.9. The summed E-state index contributed by atoms with van der Waals surface area (Å²) in [5.74, 6) is 0. The van der Waals surface area contributed by atoms with Crippen molar-refractivity contribution < 1.29 is 13.2 Å². The molecule has 0 radical (unpaired) electrons. The summed E-state index contributed by atoms with van der Waals surface area (Å²) in [5.41, 5.74) is 7.04. The van der Waals surface area contributed by atoms with Crippen LogP contribution in [-0.2, 0) is 14.8 Å². The molecule has 1 aromatic rings. The zero-order chi connectivity index (χ0) is 15.6. The van der Waals surface area contributed by atoms with E-state index in [-0.39, 0.29) is 11.4 Å². The third-order valence-corrected chi connectivity index (χ3v) is 4.71. The maximum absolute atomic E-state index is 12.4. The summed E-state index contributed by atoms with van der Waals surface area (Å²) in [6, 6.07) is 3.57. The highest BCUT2D eigenvalue weighted by atomic mass is 32.2. The van der Waals surface area contributed by atoms with Crippen LogP contribution in [0.15, 0.2) is 17.0 Å². The van der Waals surface area contributed by atoms with Crippen molar-refractivity contribution in [1.29, 1.82) is 0 Å². The number of hydrogen-bond acceptors (Lipinski definition) is 4. The monoisotopic (exact) mass is 300 g/mol. The number of anilines is 1. The van der Waals surface area contributed by atoms with Crippen LogP contribution in [0.25, 0.3) is 0 Å². The summed E-state index contributed by atoms with van der Waals surface area (Å²) < 4.78 is 32.9. The van der Waals surface area contributed by atoms with Gasteiger partial charge in [0.15, 0.2) is 0 Å². The van der Waals surface area contributed by atoms with Crippen LogP contribution in [0.5, 0.6) is 0 Å². The van der Waals surface area contributed by atoms with E-state index in [1.165, 1.54) is 0 Å². The molecular formula is C14H24N2O3S. The van der Waals surface area contributed by atoms with Crippen molar-refractivity contribution in [2.75, 3.05) is 18.9 Å². The Morgan fingerprint density at radius 3 is 2.35 bits per heavy atom. The van der Waals surface area contributed by atoms with E-state index in [0.717, 1.165) is 5.56 Å². The highest BCUT2D eigenvalue weighted by molar-refractivity contribution is 7.89. The van der Waals surface area contributed by atoms with E-state index in [1.54, 1.807) is 19.9 Å². The fourth-order valence-corrected chi connectivity index (χ4v) is 3.57. The molecule has 0 saturated heterocycles. The lowest BCUT2D eigenvalue weighted by molar-refractivity contribution is -0.00515. The summed E-state index contributed by atoms with van der Waals surface area (Å²) in [7, 11) is -3.65. The summed E-state index contributed by atoms with van der Waals surface area (Å²) in [4.78, 5) is 0.157. The van der Waals surface area contributed by atoms with Gasteiger partial charge in [0.2, 0.25) is 10.0 Å². The summed E-state index contributed by atoms with van der Waals surface area (Å²) in [6.07, 6.45) is 0. The van der Waals surface area contributed by atoms with Crippen LogP contribution in [0.3, 0.4) is 0 Å². The predicted molar refractivity (Wildman–Crippen MR) is 81.2 cm³/mol. The SMILES string of the molecule is CCOC(C)(C)CNS(=O)(=O)c1c(C)ccc(C)c1N. The molecule has 0 amide bonds. The molecule has 0 aromatic heterocycles. The maximum Gasteiger partial charge on any atom is 0.242 e. The molecule has 0 saturated carbocycles. The van der Waals surface area contributed by atoms with Crippen molar-refractivity contribution in [3.05, 3.63) is 23.3 Å². The number of ether oxygens (including phenoxy) is 1. The maximum atomic E-state index is 12.4. The van der Waals surface area contributed by atoms with E-state index in [2.05, 4.69) is 4.72 Å². The van der Waals surface area contributed by atoms with Crippen LogP contribution in [-0.4, -0.2) is 27.2 Å². The minimum absolute atomic E-state index is 0.157. The molecule has 0 bridgehead atoms. The molecule has 5 nitrogen and oxygen atoms in total. The lowest BCUT2D eigenvalue weighted by Crippen LogP contribution is -2.40. The first-order valence-corrected chi connectivity index (χ1v) is 8.08. The summed E-state index contributed by atoms with van der Waals surface area (Å²) >= 11 is 0. The van der Waals surface area contributed by atoms with Gasteiger partial charge in [-0.15, -0.1) is 0 Å².